The average molecular weight is 318 g/mol. The Morgan fingerprint density at radius 3 is 2.83 bits per heavy atom. The summed E-state index contributed by atoms with van der Waals surface area (Å²) in [6.45, 7) is 6.33. The highest BCUT2D eigenvalue weighted by Gasteiger charge is 2.31. The third-order valence-electron chi connectivity index (χ3n) is 4.00. The average Bonchev–Trinajstić information content (AvgIpc) is 2.51. The number of benzene rings is 1. The van der Waals surface area contributed by atoms with E-state index in [-0.39, 0.29) is 24.5 Å². The zero-order chi connectivity index (χ0) is 16.8. The Balaban J connectivity index is 1.98. The number of hydrogen-bond donors (Lipinski definition) is 1. The van der Waals surface area contributed by atoms with E-state index >= 15 is 0 Å². The summed E-state index contributed by atoms with van der Waals surface area (Å²) in [4.78, 5) is 25.9. The Morgan fingerprint density at radius 2 is 2.09 bits per heavy atom. The van der Waals surface area contributed by atoms with Gasteiger partial charge in [-0.3, -0.25) is 14.5 Å². The molecule has 0 aromatic heterocycles. The quantitative estimate of drug-likeness (QED) is 0.619. The van der Waals surface area contributed by atoms with Crippen LogP contribution in [0.4, 0.5) is 11.4 Å². The van der Waals surface area contributed by atoms with Crippen LogP contribution in [0, 0.1) is 6.92 Å². The molecule has 1 amide bonds. The molecular formula is C18H26N2O3. The van der Waals surface area contributed by atoms with Gasteiger partial charge in [0.15, 0.2) is 0 Å². The van der Waals surface area contributed by atoms with Crippen molar-refractivity contribution in [3.8, 4) is 0 Å². The van der Waals surface area contributed by atoms with E-state index in [2.05, 4.69) is 12.2 Å². The van der Waals surface area contributed by atoms with Gasteiger partial charge in [0, 0.05) is 0 Å². The second-order valence-corrected chi connectivity index (χ2v) is 6.09. The summed E-state index contributed by atoms with van der Waals surface area (Å²) in [5, 5.41) is 3.18. The Labute approximate surface area is 138 Å². The summed E-state index contributed by atoms with van der Waals surface area (Å²) >= 11 is 0. The number of carbonyl (C=O) groups excluding carboxylic acids is 2. The van der Waals surface area contributed by atoms with Gasteiger partial charge in [0.05, 0.1) is 18.0 Å². The standard InChI is InChI=1S/C18H26N2O3/c1-4-5-6-7-10-23-17(21)12-20-16-9-8-13(2)11-15(16)19-14(3)18(20)22/h8-9,11,14,19H,4-7,10,12H2,1-3H3. The molecule has 1 atom stereocenters. The number of nitrogens with one attached hydrogen (secondary N) is 1. The fraction of sp³-hybridized carbons (Fsp3) is 0.556. The van der Waals surface area contributed by atoms with Gasteiger partial charge in [0.25, 0.3) is 0 Å². The summed E-state index contributed by atoms with van der Waals surface area (Å²) < 4.78 is 5.26. The largest absolute Gasteiger partial charge is 0.464 e. The highest BCUT2D eigenvalue weighted by Crippen LogP contribution is 2.32. The Bertz CT molecular complexity index is 571. The van der Waals surface area contributed by atoms with Crippen LogP contribution in [-0.2, 0) is 14.3 Å². The minimum atomic E-state index is -0.351. The van der Waals surface area contributed by atoms with Gasteiger partial charge >= 0.3 is 5.97 Å². The summed E-state index contributed by atoms with van der Waals surface area (Å²) in [6.07, 6.45) is 4.24. The van der Waals surface area contributed by atoms with E-state index in [1.54, 1.807) is 6.92 Å². The van der Waals surface area contributed by atoms with Crippen LogP contribution in [0.5, 0.6) is 0 Å². The first-order valence-electron chi connectivity index (χ1n) is 8.37. The van der Waals surface area contributed by atoms with E-state index in [9.17, 15) is 9.59 Å². The maximum Gasteiger partial charge on any atom is 0.326 e. The number of ether oxygens (including phenoxy) is 1. The Hall–Kier alpha value is -2.04. The molecule has 126 valence electrons. The molecule has 1 unspecified atom stereocenters. The zero-order valence-corrected chi connectivity index (χ0v) is 14.2. The number of fused-ring (bicyclic) bond motifs is 1. The predicted octanol–water partition coefficient (Wildman–Crippen LogP) is 3.27. The third kappa shape index (κ3) is 4.47. The van der Waals surface area contributed by atoms with Crippen molar-refractivity contribution in [1.29, 1.82) is 0 Å². The zero-order valence-electron chi connectivity index (χ0n) is 14.2. The fourth-order valence-corrected chi connectivity index (χ4v) is 2.70. The number of hydrogen-bond acceptors (Lipinski definition) is 4. The van der Waals surface area contributed by atoms with Crippen LogP contribution in [0.2, 0.25) is 0 Å². The van der Waals surface area contributed by atoms with Gasteiger partial charge in [0.2, 0.25) is 5.91 Å². The summed E-state index contributed by atoms with van der Waals surface area (Å²) in [5.74, 6) is -0.459. The lowest BCUT2D eigenvalue weighted by molar-refractivity contribution is -0.143. The number of rotatable bonds is 7. The van der Waals surface area contributed by atoms with Crippen molar-refractivity contribution >= 4 is 23.3 Å². The van der Waals surface area contributed by atoms with Crippen LogP contribution in [-0.4, -0.2) is 31.1 Å². The van der Waals surface area contributed by atoms with E-state index in [0.717, 1.165) is 42.6 Å². The second-order valence-electron chi connectivity index (χ2n) is 6.09. The van der Waals surface area contributed by atoms with E-state index in [0.29, 0.717) is 6.61 Å². The number of aryl methyl sites for hydroxylation is 1. The van der Waals surface area contributed by atoms with Crippen molar-refractivity contribution in [3.63, 3.8) is 0 Å². The third-order valence-corrected chi connectivity index (χ3v) is 4.00. The van der Waals surface area contributed by atoms with Crippen LogP contribution < -0.4 is 10.2 Å². The van der Waals surface area contributed by atoms with Crippen molar-refractivity contribution in [2.75, 3.05) is 23.4 Å². The molecule has 23 heavy (non-hydrogen) atoms. The molecule has 0 saturated heterocycles. The molecular weight excluding hydrogens is 292 g/mol. The normalized spacial score (nSPS) is 16.7. The maximum absolute atomic E-state index is 12.4. The summed E-state index contributed by atoms with van der Waals surface area (Å²) in [7, 11) is 0. The second kappa shape index (κ2) is 7.99. The lowest BCUT2D eigenvalue weighted by atomic mass is 10.1. The van der Waals surface area contributed by atoms with Crippen LogP contribution in [0.3, 0.4) is 0 Å². The van der Waals surface area contributed by atoms with Crippen molar-refractivity contribution in [1.82, 2.24) is 0 Å². The van der Waals surface area contributed by atoms with Gasteiger partial charge in [0.1, 0.15) is 12.6 Å². The monoisotopic (exact) mass is 318 g/mol. The molecule has 0 radical (unpaired) electrons. The van der Waals surface area contributed by atoms with Crippen molar-refractivity contribution in [2.45, 2.75) is 52.5 Å². The molecule has 1 aromatic carbocycles. The predicted molar refractivity (Wildman–Crippen MR) is 91.7 cm³/mol. The smallest absolute Gasteiger partial charge is 0.326 e. The molecule has 0 saturated carbocycles. The highest BCUT2D eigenvalue weighted by molar-refractivity contribution is 6.07. The first-order valence-corrected chi connectivity index (χ1v) is 8.37. The number of esters is 1. The fourth-order valence-electron chi connectivity index (χ4n) is 2.70. The highest BCUT2D eigenvalue weighted by atomic mass is 16.5. The van der Waals surface area contributed by atoms with Gasteiger partial charge in [-0.2, -0.15) is 0 Å². The number of nitrogens with zero attached hydrogens (tertiary/aromatic N) is 1. The summed E-state index contributed by atoms with van der Waals surface area (Å²) in [5.41, 5.74) is 2.73. The first-order chi connectivity index (χ1) is 11.0. The van der Waals surface area contributed by atoms with E-state index in [1.807, 2.05) is 25.1 Å². The van der Waals surface area contributed by atoms with E-state index < -0.39 is 0 Å². The van der Waals surface area contributed by atoms with Crippen LogP contribution in [0.1, 0.15) is 45.1 Å². The first kappa shape index (κ1) is 17.3. The van der Waals surface area contributed by atoms with Gasteiger partial charge in [-0.25, -0.2) is 0 Å². The van der Waals surface area contributed by atoms with Crippen LogP contribution in [0.25, 0.3) is 0 Å². The van der Waals surface area contributed by atoms with E-state index in [4.69, 9.17) is 4.74 Å². The Morgan fingerprint density at radius 1 is 1.30 bits per heavy atom. The lowest BCUT2D eigenvalue weighted by Gasteiger charge is -2.33. The number of anilines is 2. The number of amides is 1. The lowest BCUT2D eigenvalue weighted by Crippen LogP contribution is -2.48. The molecule has 1 N–H and O–H groups in total. The van der Waals surface area contributed by atoms with Gasteiger partial charge in [-0.05, 0) is 38.0 Å². The molecule has 1 aromatic rings. The summed E-state index contributed by atoms with van der Waals surface area (Å²) in [6, 6.07) is 5.45. The van der Waals surface area contributed by atoms with Crippen molar-refractivity contribution < 1.29 is 14.3 Å². The van der Waals surface area contributed by atoms with Crippen molar-refractivity contribution in [2.24, 2.45) is 0 Å². The molecule has 5 heteroatoms. The van der Waals surface area contributed by atoms with Crippen LogP contribution >= 0.6 is 0 Å². The SMILES string of the molecule is CCCCCCOC(=O)CN1C(=O)C(C)Nc2cc(C)ccc21. The molecule has 1 aliphatic heterocycles. The van der Waals surface area contributed by atoms with Crippen molar-refractivity contribution in [3.05, 3.63) is 23.8 Å². The molecule has 5 nitrogen and oxygen atoms in total. The molecule has 0 bridgehead atoms. The molecule has 2 rings (SSSR count). The molecule has 0 fully saturated rings. The number of carbonyl (C=O) groups is 2. The van der Waals surface area contributed by atoms with Gasteiger partial charge in [-0.15, -0.1) is 0 Å². The number of unbranched alkanes of at least 4 members (excludes halogenated alkanes) is 3. The van der Waals surface area contributed by atoms with Crippen LogP contribution in [0.15, 0.2) is 18.2 Å². The van der Waals surface area contributed by atoms with E-state index in [1.165, 1.54) is 4.90 Å². The maximum atomic E-state index is 12.4. The molecule has 1 aliphatic rings. The van der Waals surface area contributed by atoms with Gasteiger partial charge in [-0.1, -0.05) is 32.3 Å². The molecule has 1 heterocycles. The topological polar surface area (TPSA) is 58.6 Å². The molecule has 0 aliphatic carbocycles. The Kier molecular flexibility index (Phi) is 6.02. The van der Waals surface area contributed by atoms with Gasteiger partial charge < -0.3 is 10.1 Å². The minimum Gasteiger partial charge on any atom is -0.464 e. The minimum absolute atomic E-state index is 0.0330. The molecule has 0 spiro atoms.